The molecule has 1 aliphatic carbocycles. The van der Waals surface area contributed by atoms with Crippen LogP contribution in [-0.2, 0) is 9.59 Å². The van der Waals surface area contributed by atoms with E-state index in [2.05, 4.69) is 10.2 Å². The van der Waals surface area contributed by atoms with Crippen molar-refractivity contribution in [3.8, 4) is 0 Å². The van der Waals surface area contributed by atoms with Gasteiger partial charge in [0.05, 0.1) is 6.17 Å². The zero-order valence-corrected chi connectivity index (χ0v) is 18.3. The molecule has 0 aromatic carbocycles. The van der Waals surface area contributed by atoms with Gasteiger partial charge < -0.3 is 9.80 Å². The van der Waals surface area contributed by atoms with Crippen LogP contribution < -0.4 is 5.32 Å². The standard InChI is InChI=1S/C21H34ClFN4O2/c1-14(2)26-11-19(28)27(10-15-3-5-16(22)6-4-15)21(20(26)29)12-25(13-21)18-8-7-17(23)9-24-18/h14-18,24H,3-13H2,1-2H3. The Balaban J connectivity index is 1.50. The summed E-state index contributed by atoms with van der Waals surface area (Å²) in [5.41, 5.74) is -0.758. The van der Waals surface area contributed by atoms with E-state index in [1.807, 2.05) is 18.7 Å². The third-order valence-corrected chi connectivity index (χ3v) is 7.76. The number of halogens is 2. The number of hydrogen-bond acceptors (Lipinski definition) is 4. The molecule has 4 rings (SSSR count). The van der Waals surface area contributed by atoms with E-state index in [-0.39, 0.29) is 35.9 Å². The number of nitrogens with zero attached hydrogens (tertiary/aromatic N) is 3. The van der Waals surface area contributed by atoms with Crippen LogP contribution in [0.15, 0.2) is 0 Å². The van der Waals surface area contributed by atoms with Crippen LogP contribution in [0.25, 0.3) is 0 Å². The molecule has 1 spiro atoms. The van der Waals surface area contributed by atoms with Gasteiger partial charge >= 0.3 is 0 Å². The van der Waals surface area contributed by atoms with Crippen molar-refractivity contribution in [2.45, 2.75) is 81.7 Å². The van der Waals surface area contributed by atoms with E-state index in [1.165, 1.54) is 0 Å². The quantitative estimate of drug-likeness (QED) is 0.695. The van der Waals surface area contributed by atoms with Crippen molar-refractivity contribution in [1.29, 1.82) is 0 Å². The molecule has 164 valence electrons. The number of piperidine rings is 1. The van der Waals surface area contributed by atoms with E-state index in [1.54, 1.807) is 4.90 Å². The van der Waals surface area contributed by atoms with Crippen molar-refractivity contribution in [2.24, 2.45) is 5.92 Å². The van der Waals surface area contributed by atoms with Gasteiger partial charge in [-0.25, -0.2) is 4.39 Å². The van der Waals surface area contributed by atoms with Crippen LogP contribution in [-0.4, -0.2) is 88.5 Å². The summed E-state index contributed by atoms with van der Waals surface area (Å²) >= 11 is 6.26. The Bertz CT molecular complexity index is 626. The summed E-state index contributed by atoms with van der Waals surface area (Å²) in [7, 11) is 0. The summed E-state index contributed by atoms with van der Waals surface area (Å²) in [6.45, 7) is 6.21. The number of rotatable bonds is 4. The fourth-order valence-electron chi connectivity index (χ4n) is 5.45. The first kappa shape index (κ1) is 21.3. The number of amides is 2. The van der Waals surface area contributed by atoms with Gasteiger partial charge in [0.15, 0.2) is 0 Å². The Morgan fingerprint density at radius 3 is 2.41 bits per heavy atom. The van der Waals surface area contributed by atoms with Crippen molar-refractivity contribution >= 4 is 23.4 Å². The second-order valence-electron chi connectivity index (χ2n) is 9.68. The smallest absolute Gasteiger partial charge is 0.251 e. The van der Waals surface area contributed by atoms with Gasteiger partial charge in [0.1, 0.15) is 18.3 Å². The second-order valence-corrected chi connectivity index (χ2v) is 10.3. The molecule has 0 bridgehead atoms. The molecule has 2 amide bonds. The molecule has 4 fully saturated rings. The molecular weight excluding hydrogens is 395 g/mol. The van der Waals surface area contributed by atoms with E-state index in [0.29, 0.717) is 38.5 Å². The topological polar surface area (TPSA) is 55.9 Å². The molecule has 3 aliphatic heterocycles. The molecule has 8 heteroatoms. The fourth-order valence-corrected chi connectivity index (χ4v) is 5.70. The van der Waals surface area contributed by atoms with Gasteiger partial charge in [-0.1, -0.05) is 0 Å². The molecular formula is C21H34ClFN4O2. The third-order valence-electron chi connectivity index (χ3n) is 7.32. The molecule has 6 nitrogen and oxygen atoms in total. The molecule has 0 aromatic heterocycles. The Morgan fingerprint density at radius 1 is 1.14 bits per heavy atom. The Kier molecular flexibility index (Phi) is 6.11. The molecule has 29 heavy (non-hydrogen) atoms. The minimum absolute atomic E-state index is 0.00585. The normalized spacial score (nSPS) is 36.0. The van der Waals surface area contributed by atoms with Gasteiger partial charge in [0.2, 0.25) is 5.91 Å². The molecule has 0 aromatic rings. The predicted molar refractivity (Wildman–Crippen MR) is 110 cm³/mol. The summed E-state index contributed by atoms with van der Waals surface area (Å²) in [6, 6.07) is 0.00585. The van der Waals surface area contributed by atoms with Gasteiger partial charge in [-0.05, 0) is 58.3 Å². The van der Waals surface area contributed by atoms with Crippen molar-refractivity contribution in [3.05, 3.63) is 0 Å². The van der Waals surface area contributed by atoms with Gasteiger partial charge in [0.25, 0.3) is 5.91 Å². The van der Waals surface area contributed by atoms with Crippen LogP contribution in [0.2, 0.25) is 0 Å². The van der Waals surface area contributed by atoms with E-state index >= 15 is 0 Å². The zero-order chi connectivity index (χ0) is 20.8. The maximum atomic E-state index is 13.5. The minimum atomic E-state index is -0.788. The van der Waals surface area contributed by atoms with Crippen LogP contribution in [0.4, 0.5) is 4.39 Å². The lowest BCUT2D eigenvalue weighted by atomic mass is 9.80. The highest BCUT2D eigenvalue weighted by Gasteiger charge is 2.61. The number of alkyl halides is 2. The number of likely N-dealkylation sites (tertiary alicyclic amines) is 1. The van der Waals surface area contributed by atoms with Gasteiger partial charge in [-0.15, -0.1) is 11.6 Å². The number of carbonyl (C=O) groups is 2. The SMILES string of the molecule is CC(C)N1CC(=O)N(CC2CCC(Cl)CC2)C2(CN(C3CCC(F)CN3)C2)C1=O. The van der Waals surface area contributed by atoms with E-state index in [9.17, 15) is 14.0 Å². The second kappa shape index (κ2) is 8.31. The molecule has 2 atom stereocenters. The van der Waals surface area contributed by atoms with Crippen LogP contribution in [0.1, 0.15) is 52.4 Å². The first-order valence-corrected chi connectivity index (χ1v) is 11.6. The molecule has 1 saturated carbocycles. The molecule has 3 saturated heterocycles. The van der Waals surface area contributed by atoms with Gasteiger partial charge in [0, 0.05) is 37.6 Å². The van der Waals surface area contributed by atoms with Crippen LogP contribution in [0.3, 0.4) is 0 Å². The average molecular weight is 429 g/mol. The number of hydrogen-bond donors (Lipinski definition) is 1. The highest BCUT2D eigenvalue weighted by molar-refractivity contribution is 6.20. The van der Waals surface area contributed by atoms with Gasteiger partial charge in [-0.3, -0.25) is 19.8 Å². The monoisotopic (exact) mass is 428 g/mol. The molecule has 3 heterocycles. The van der Waals surface area contributed by atoms with Crippen LogP contribution >= 0.6 is 11.6 Å². The average Bonchev–Trinajstić information content (AvgIpc) is 2.65. The molecule has 0 radical (unpaired) electrons. The van der Waals surface area contributed by atoms with Gasteiger partial charge in [-0.2, -0.15) is 0 Å². The fraction of sp³-hybridized carbons (Fsp3) is 0.905. The number of carbonyl (C=O) groups excluding carboxylic acids is 2. The van der Waals surface area contributed by atoms with Crippen molar-refractivity contribution in [1.82, 2.24) is 20.0 Å². The molecule has 2 unspecified atom stereocenters. The minimum Gasteiger partial charge on any atom is -0.329 e. The Hall–Kier alpha value is -0.920. The zero-order valence-electron chi connectivity index (χ0n) is 17.6. The lowest BCUT2D eigenvalue weighted by Crippen LogP contribution is -2.83. The summed E-state index contributed by atoms with van der Waals surface area (Å²) in [5.74, 6) is 0.554. The summed E-state index contributed by atoms with van der Waals surface area (Å²) in [6.07, 6.45) is 4.60. The van der Waals surface area contributed by atoms with Crippen molar-refractivity contribution in [3.63, 3.8) is 0 Å². The third kappa shape index (κ3) is 4.02. The molecule has 4 aliphatic rings. The van der Waals surface area contributed by atoms with Crippen LogP contribution in [0.5, 0.6) is 0 Å². The van der Waals surface area contributed by atoms with E-state index < -0.39 is 11.7 Å². The summed E-state index contributed by atoms with van der Waals surface area (Å²) < 4.78 is 13.5. The first-order chi connectivity index (χ1) is 13.8. The van der Waals surface area contributed by atoms with E-state index in [0.717, 1.165) is 32.1 Å². The maximum Gasteiger partial charge on any atom is 0.251 e. The maximum absolute atomic E-state index is 13.5. The Morgan fingerprint density at radius 2 is 1.83 bits per heavy atom. The molecule has 1 N–H and O–H groups in total. The van der Waals surface area contributed by atoms with E-state index in [4.69, 9.17) is 11.6 Å². The highest BCUT2D eigenvalue weighted by Crippen LogP contribution is 2.38. The lowest BCUT2D eigenvalue weighted by Gasteiger charge is -2.61. The van der Waals surface area contributed by atoms with Crippen molar-refractivity contribution in [2.75, 3.05) is 32.7 Å². The highest BCUT2D eigenvalue weighted by atomic mass is 35.5. The number of nitrogens with one attached hydrogen (secondary N) is 1. The first-order valence-electron chi connectivity index (χ1n) is 11.2. The Labute approximate surface area is 178 Å². The summed E-state index contributed by atoms with van der Waals surface area (Å²) in [5, 5.41) is 3.50. The largest absolute Gasteiger partial charge is 0.329 e. The van der Waals surface area contributed by atoms with Crippen LogP contribution in [0, 0.1) is 5.92 Å². The summed E-state index contributed by atoms with van der Waals surface area (Å²) in [4.78, 5) is 32.5. The van der Waals surface area contributed by atoms with Crippen molar-refractivity contribution < 1.29 is 14.0 Å². The predicted octanol–water partition coefficient (Wildman–Crippen LogP) is 1.97. The lowest BCUT2D eigenvalue weighted by molar-refractivity contribution is -0.185. The number of piperazine rings is 1.